The Morgan fingerprint density at radius 3 is 2.60 bits per heavy atom. The molecule has 1 aromatic carbocycles. The summed E-state index contributed by atoms with van der Waals surface area (Å²) in [5.74, 6) is 0.796. The molecule has 0 spiro atoms. The molecule has 0 unspecified atom stereocenters. The Kier molecular flexibility index (Phi) is 6.56. The van der Waals surface area contributed by atoms with Crippen LogP contribution in [0.5, 0.6) is 0 Å². The molecule has 0 aliphatic heterocycles. The van der Waals surface area contributed by atoms with E-state index in [9.17, 15) is 13.2 Å². The molecule has 0 N–H and O–H groups in total. The van der Waals surface area contributed by atoms with Gasteiger partial charge in [0.15, 0.2) is 0 Å². The van der Waals surface area contributed by atoms with Gasteiger partial charge >= 0.3 is 0 Å². The van der Waals surface area contributed by atoms with Crippen LogP contribution in [0.1, 0.15) is 11.1 Å². The fourth-order valence-corrected chi connectivity index (χ4v) is 4.30. The number of nitrogens with zero attached hydrogens (tertiary/aromatic N) is 3. The summed E-state index contributed by atoms with van der Waals surface area (Å²) in [7, 11) is -0.503. The number of benzene rings is 1. The molecule has 1 heterocycles. The van der Waals surface area contributed by atoms with Crippen molar-refractivity contribution in [3.05, 3.63) is 55.9 Å². The van der Waals surface area contributed by atoms with Crippen molar-refractivity contribution in [1.82, 2.24) is 14.1 Å². The predicted molar refractivity (Wildman–Crippen MR) is 102 cm³/mol. The molecule has 0 aliphatic carbocycles. The Morgan fingerprint density at radius 1 is 1.28 bits per heavy atom. The van der Waals surface area contributed by atoms with E-state index in [0.29, 0.717) is 11.3 Å². The minimum Gasteiger partial charge on any atom is -0.266 e. The highest BCUT2D eigenvalue weighted by Crippen LogP contribution is 2.23. The van der Waals surface area contributed by atoms with E-state index in [4.69, 9.17) is 23.2 Å². The van der Waals surface area contributed by atoms with Crippen LogP contribution < -0.4 is 5.56 Å². The highest BCUT2D eigenvalue weighted by molar-refractivity contribution is 7.97. The molecule has 0 amide bonds. The van der Waals surface area contributed by atoms with E-state index in [1.165, 1.54) is 41.0 Å². The number of aryl methyl sites for hydroxylation is 1. The number of hydrogen-bond donors (Lipinski definition) is 0. The molecule has 0 bridgehead atoms. The normalized spacial score (nSPS) is 11.9. The van der Waals surface area contributed by atoms with Gasteiger partial charge in [-0.25, -0.2) is 17.4 Å². The zero-order valence-electron chi connectivity index (χ0n) is 13.9. The second-order valence-corrected chi connectivity index (χ2v) is 9.34. The number of rotatable bonds is 6. The summed E-state index contributed by atoms with van der Waals surface area (Å²) < 4.78 is 27.1. The van der Waals surface area contributed by atoms with Crippen molar-refractivity contribution in [2.75, 3.05) is 14.1 Å². The molecule has 2 rings (SSSR count). The average molecular weight is 422 g/mol. The third-order valence-electron chi connectivity index (χ3n) is 3.44. The highest BCUT2D eigenvalue weighted by atomic mass is 35.5. The van der Waals surface area contributed by atoms with Crippen molar-refractivity contribution in [2.45, 2.75) is 23.4 Å². The largest absolute Gasteiger partial charge is 0.287 e. The Bertz CT molecular complexity index is 944. The third kappa shape index (κ3) is 4.57. The fraction of sp³-hybridized carbons (Fsp3) is 0.333. The van der Waals surface area contributed by atoms with Crippen LogP contribution in [0.4, 0.5) is 0 Å². The minimum atomic E-state index is -3.50. The van der Waals surface area contributed by atoms with E-state index >= 15 is 0 Å². The lowest BCUT2D eigenvalue weighted by atomic mass is 10.2. The molecular weight excluding hydrogens is 405 g/mol. The second-order valence-electron chi connectivity index (χ2n) is 5.48. The molecule has 25 heavy (non-hydrogen) atoms. The Labute approximate surface area is 160 Å². The summed E-state index contributed by atoms with van der Waals surface area (Å²) >= 11 is 13.0. The van der Waals surface area contributed by atoms with Crippen molar-refractivity contribution in [2.24, 2.45) is 0 Å². The first-order chi connectivity index (χ1) is 11.6. The maximum atomic E-state index is 12.4. The van der Waals surface area contributed by atoms with Crippen molar-refractivity contribution in [1.29, 1.82) is 0 Å². The first-order valence-electron chi connectivity index (χ1n) is 7.15. The quantitative estimate of drug-likeness (QED) is 0.716. The SMILES string of the molecule is Cc1ccc(CSCn2ncc(Cl)c(Cl)c2=O)cc1S(=O)(=O)N(C)C. The van der Waals surface area contributed by atoms with Gasteiger partial charge in [0, 0.05) is 19.8 Å². The van der Waals surface area contributed by atoms with Crippen molar-refractivity contribution in [3.8, 4) is 0 Å². The lowest BCUT2D eigenvalue weighted by Crippen LogP contribution is -2.23. The third-order valence-corrected chi connectivity index (χ3v) is 7.11. The van der Waals surface area contributed by atoms with E-state index in [1.807, 2.05) is 6.07 Å². The number of sulfonamides is 1. The molecule has 2 aromatic rings. The molecule has 1 aromatic heterocycles. The van der Waals surface area contributed by atoms with Gasteiger partial charge in [0.2, 0.25) is 10.0 Å². The summed E-state index contributed by atoms with van der Waals surface area (Å²) in [4.78, 5) is 12.2. The lowest BCUT2D eigenvalue weighted by molar-refractivity contribution is 0.520. The maximum Gasteiger partial charge on any atom is 0.287 e. The van der Waals surface area contributed by atoms with Gasteiger partial charge in [-0.2, -0.15) is 5.10 Å². The first-order valence-corrected chi connectivity index (χ1v) is 10.5. The monoisotopic (exact) mass is 421 g/mol. The summed E-state index contributed by atoms with van der Waals surface area (Å²) in [5, 5.41) is 3.98. The van der Waals surface area contributed by atoms with Gasteiger partial charge in [-0.05, 0) is 24.1 Å². The smallest absolute Gasteiger partial charge is 0.266 e. The second kappa shape index (κ2) is 8.09. The lowest BCUT2D eigenvalue weighted by Gasteiger charge is -2.14. The predicted octanol–water partition coefficient (Wildman–Crippen LogP) is 3.00. The van der Waals surface area contributed by atoms with E-state index < -0.39 is 15.6 Å². The summed E-state index contributed by atoms with van der Waals surface area (Å²) in [6.45, 7) is 1.76. The standard InChI is InChI=1S/C15H17Cl2N3O3S2/c1-10-4-5-11(6-13(10)25(22,23)19(2)3)8-24-9-20-15(21)14(17)12(16)7-18-20/h4-7H,8-9H2,1-3H3. The Morgan fingerprint density at radius 2 is 1.96 bits per heavy atom. The van der Waals surface area contributed by atoms with Gasteiger partial charge in [-0.1, -0.05) is 35.3 Å². The van der Waals surface area contributed by atoms with Crippen LogP contribution in [-0.2, 0) is 21.7 Å². The molecule has 0 radical (unpaired) electrons. The van der Waals surface area contributed by atoms with Crippen molar-refractivity contribution >= 4 is 45.0 Å². The minimum absolute atomic E-state index is 0.0630. The van der Waals surface area contributed by atoms with Crippen molar-refractivity contribution < 1.29 is 8.42 Å². The van der Waals surface area contributed by atoms with Gasteiger partial charge in [0.25, 0.3) is 5.56 Å². The van der Waals surface area contributed by atoms with Crippen LogP contribution in [0.3, 0.4) is 0 Å². The average Bonchev–Trinajstić information content (AvgIpc) is 2.56. The van der Waals surface area contributed by atoms with Crippen LogP contribution in [0, 0.1) is 6.92 Å². The van der Waals surface area contributed by atoms with Gasteiger partial charge in [0.05, 0.1) is 22.0 Å². The molecule has 0 saturated heterocycles. The summed E-state index contributed by atoms with van der Waals surface area (Å²) in [5.41, 5.74) is 1.07. The van der Waals surface area contributed by atoms with E-state index in [-0.39, 0.29) is 20.8 Å². The van der Waals surface area contributed by atoms with Crippen LogP contribution in [0.15, 0.2) is 34.1 Å². The fourth-order valence-electron chi connectivity index (χ4n) is 2.00. The molecule has 0 saturated carbocycles. The first kappa shape index (κ1) is 20.3. The number of hydrogen-bond acceptors (Lipinski definition) is 5. The van der Waals surface area contributed by atoms with Crippen LogP contribution in [0.25, 0.3) is 0 Å². The molecule has 0 atom stereocenters. The Hall–Kier alpha value is -1.06. The zero-order valence-corrected chi connectivity index (χ0v) is 17.0. The van der Waals surface area contributed by atoms with Gasteiger partial charge in [0.1, 0.15) is 5.02 Å². The topological polar surface area (TPSA) is 72.3 Å². The number of thioether (sulfide) groups is 1. The van der Waals surface area contributed by atoms with Gasteiger partial charge in [-0.3, -0.25) is 4.79 Å². The van der Waals surface area contributed by atoms with Gasteiger partial charge < -0.3 is 0 Å². The molecule has 0 aliphatic rings. The summed E-state index contributed by atoms with van der Waals surface area (Å²) in [6.07, 6.45) is 1.32. The molecular formula is C15H17Cl2N3O3S2. The maximum absolute atomic E-state index is 12.4. The highest BCUT2D eigenvalue weighted by Gasteiger charge is 2.20. The van der Waals surface area contributed by atoms with E-state index in [0.717, 1.165) is 5.56 Å². The Balaban J connectivity index is 2.15. The molecule has 10 heteroatoms. The molecule has 136 valence electrons. The van der Waals surface area contributed by atoms with E-state index in [2.05, 4.69) is 5.10 Å². The van der Waals surface area contributed by atoms with Crippen LogP contribution in [-0.4, -0.2) is 36.6 Å². The van der Waals surface area contributed by atoms with Crippen LogP contribution in [0.2, 0.25) is 10.0 Å². The van der Waals surface area contributed by atoms with Crippen molar-refractivity contribution in [3.63, 3.8) is 0 Å². The van der Waals surface area contributed by atoms with E-state index in [1.54, 1.807) is 19.1 Å². The molecule has 0 fully saturated rings. The number of aromatic nitrogens is 2. The molecule has 6 nitrogen and oxygen atoms in total. The van der Waals surface area contributed by atoms with Crippen LogP contribution >= 0.6 is 35.0 Å². The van der Waals surface area contributed by atoms with Gasteiger partial charge in [-0.15, -0.1) is 11.8 Å². The number of halogens is 2. The zero-order chi connectivity index (χ0) is 18.8. The summed E-state index contributed by atoms with van der Waals surface area (Å²) in [6, 6.07) is 5.29.